The van der Waals surface area contributed by atoms with Crippen LogP contribution < -0.4 is 10.9 Å². The van der Waals surface area contributed by atoms with Gasteiger partial charge in [-0.05, 0) is 66.5 Å². The summed E-state index contributed by atoms with van der Waals surface area (Å²) in [7, 11) is 0. The predicted molar refractivity (Wildman–Crippen MR) is 127 cm³/mol. The highest BCUT2D eigenvalue weighted by Crippen LogP contribution is 2.33. The first-order valence-corrected chi connectivity index (χ1v) is 11.4. The molecule has 1 atom stereocenters. The monoisotopic (exact) mass is 494 g/mol. The van der Waals surface area contributed by atoms with Crippen LogP contribution in [0, 0.1) is 13.8 Å². The third kappa shape index (κ3) is 3.43. The van der Waals surface area contributed by atoms with Crippen LogP contribution in [0.15, 0.2) is 57.2 Å². The highest BCUT2D eigenvalue weighted by Gasteiger charge is 2.21. The molecule has 1 aromatic carbocycles. The van der Waals surface area contributed by atoms with Gasteiger partial charge in [-0.3, -0.25) is 9.36 Å². The Morgan fingerprint density at radius 1 is 1.13 bits per heavy atom. The first-order chi connectivity index (χ1) is 14.9. The summed E-state index contributed by atoms with van der Waals surface area (Å²) >= 11 is 5.10. The van der Waals surface area contributed by atoms with Crippen LogP contribution in [0.5, 0.6) is 0 Å². The third-order valence-electron chi connectivity index (χ3n) is 5.14. The number of benzene rings is 1. The molecule has 0 spiro atoms. The Labute approximate surface area is 190 Å². The normalized spacial score (nSPS) is 12.5. The van der Waals surface area contributed by atoms with Crippen molar-refractivity contribution >= 4 is 48.8 Å². The van der Waals surface area contributed by atoms with Gasteiger partial charge in [0, 0.05) is 6.20 Å². The van der Waals surface area contributed by atoms with E-state index in [-0.39, 0.29) is 11.6 Å². The molecule has 0 aliphatic heterocycles. The van der Waals surface area contributed by atoms with Gasteiger partial charge in [-0.2, -0.15) is 5.10 Å². The van der Waals surface area contributed by atoms with E-state index in [2.05, 4.69) is 31.2 Å². The van der Waals surface area contributed by atoms with Crippen LogP contribution in [0.3, 0.4) is 0 Å². The fourth-order valence-corrected chi connectivity index (χ4v) is 5.21. The summed E-state index contributed by atoms with van der Waals surface area (Å²) in [5, 5.41) is 9.20. The van der Waals surface area contributed by atoms with Gasteiger partial charge >= 0.3 is 0 Å². The SMILES string of the molecule is Cc1nc(NC(C)c2nn3ccc(C)c3c(=O)n2-c2ccccc2)c2cc(Br)sc2n1. The number of nitrogens with one attached hydrogen (secondary N) is 1. The zero-order valence-electron chi connectivity index (χ0n) is 17.1. The lowest BCUT2D eigenvalue weighted by molar-refractivity contribution is 0.672. The van der Waals surface area contributed by atoms with Gasteiger partial charge in [0.15, 0.2) is 5.82 Å². The van der Waals surface area contributed by atoms with Gasteiger partial charge in [0.05, 0.1) is 20.9 Å². The van der Waals surface area contributed by atoms with Crippen molar-refractivity contribution in [3.63, 3.8) is 0 Å². The molecule has 0 bridgehead atoms. The molecule has 0 aliphatic rings. The molecule has 1 N–H and O–H groups in total. The number of aromatic nitrogens is 5. The molecule has 4 heterocycles. The molecule has 4 aromatic heterocycles. The largest absolute Gasteiger partial charge is 0.360 e. The first-order valence-electron chi connectivity index (χ1n) is 9.79. The lowest BCUT2D eigenvalue weighted by atomic mass is 10.2. The summed E-state index contributed by atoms with van der Waals surface area (Å²) < 4.78 is 4.32. The molecular formula is C22H19BrN6OS. The summed E-state index contributed by atoms with van der Waals surface area (Å²) in [5.74, 6) is 1.99. The molecule has 0 fully saturated rings. The van der Waals surface area contributed by atoms with Crippen molar-refractivity contribution in [1.82, 2.24) is 24.1 Å². The number of hydrogen-bond donors (Lipinski definition) is 1. The van der Waals surface area contributed by atoms with Crippen molar-refractivity contribution in [3.05, 3.63) is 80.0 Å². The molecular weight excluding hydrogens is 476 g/mol. The van der Waals surface area contributed by atoms with Gasteiger partial charge in [-0.1, -0.05) is 18.2 Å². The molecule has 7 nitrogen and oxygen atoms in total. The zero-order valence-corrected chi connectivity index (χ0v) is 19.5. The molecule has 0 aliphatic carbocycles. The molecule has 31 heavy (non-hydrogen) atoms. The Morgan fingerprint density at radius 3 is 2.68 bits per heavy atom. The van der Waals surface area contributed by atoms with Crippen molar-refractivity contribution in [2.75, 3.05) is 5.32 Å². The van der Waals surface area contributed by atoms with E-state index in [4.69, 9.17) is 5.10 Å². The number of anilines is 1. The van der Waals surface area contributed by atoms with Gasteiger partial charge in [-0.15, -0.1) is 11.3 Å². The molecule has 0 saturated carbocycles. The second kappa shape index (κ2) is 7.58. The minimum Gasteiger partial charge on any atom is -0.360 e. The minimum atomic E-state index is -0.295. The van der Waals surface area contributed by atoms with Crippen LogP contribution in [-0.2, 0) is 0 Å². The lowest BCUT2D eigenvalue weighted by Crippen LogP contribution is -2.29. The summed E-state index contributed by atoms with van der Waals surface area (Å²) in [5.41, 5.74) is 2.14. The summed E-state index contributed by atoms with van der Waals surface area (Å²) in [6.45, 7) is 5.77. The Hall–Kier alpha value is -3.04. The predicted octanol–water partition coefficient (Wildman–Crippen LogP) is 5.04. The molecule has 9 heteroatoms. The number of fused-ring (bicyclic) bond motifs is 2. The maximum absolute atomic E-state index is 13.5. The Bertz CT molecular complexity index is 1490. The number of thiophene rings is 1. The summed E-state index contributed by atoms with van der Waals surface area (Å²) in [4.78, 5) is 23.5. The van der Waals surface area contributed by atoms with Crippen LogP contribution in [0.4, 0.5) is 5.82 Å². The quantitative estimate of drug-likeness (QED) is 0.378. The van der Waals surface area contributed by atoms with Crippen LogP contribution in [0.2, 0.25) is 0 Å². The third-order valence-corrected chi connectivity index (χ3v) is 6.67. The lowest BCUT2D eigenvalue weighted by Gasteiger charge is -2.20. The Kier molecular flexibility index (Phi) is 4.86. The van der Waals surface area contributed by atoms with Crippen molar-refractivity contribution in [3.8, 4) is 5.69 Å². The van der Waals surface area contributed by atoms with E-state index in [1.54, 1.807) is 20.4 Å². The second-order valence-electron chi connectivity index (χ2n) is 7.38. The van der Waals surface area contributed by atoms with Crippen LogP contribution in [0.25, 0.3) is 21.4 Å². The highest BCUT2D eigenvalue weighted by atomic mass is 79.9. The number of aryl methyl sites for hydroxylation is 2. The first kappa shape index (κ1) is 19.9. The van der Waals surface area contributed by atoms with Gasteiger partial charge in [0.2, 0.25) is 0 Å². The number of para-hydroxylation sites is 1. The minimum absolute atomic E-state index is 0.102. The zero-order chi connectivity index (χ0) is 21.7. The maximum atomic E-state index is 13.5. The number of hydrogen-bond acceptors (Lipinski definition) is 6. The molecule has 0 radical (unpaired) electrons. The fraction of sp³-hybridized carbons (Fsp3) is 0.182. The molecule has 1 unspecified atom stereocenters. The van der Waals surface area contributed by atoms with Crippen molar-refractivity contribution in [1.29, 1.82) is 0 Å². The van der Waals surface area contributed by atoms with Crippen molar-refractivity contribution < 1.29 is 0 Å². The highest BCUT2D eigenvalue weighted by molar-refractivity contribution is 9.11. The second-order valence-corrected chi connectivity index (χ2v) is 9.79. The number of halogens is 1. The maximum Gasteiger partial charge on any atom is 0.282 e. The van der Waals surface area contributed by atoms with Crippen LogP contribution in [0.1, 0.15) is 30.2 Å². The molecule has 5 rings (SSSR count). The van der Waals surface area contributed by atoms with E-state index in [9.17, 15) is 4.79 Å². The van der Waals surface area contributed by atoms with Gasteiger partial charge < -0.3 is 5.32 Å². The summed E-state index contributed by atoms with van der Waals surface area (Å²) in [6.07, 6.45) is 1.82. The van der Waals surface area contributed by atoms with Crippen LogP contribution in [-0.4, -0.2) is 24.1 Å². The molecule has 0 amide bonds. The number of rotatable bonds is 4. The van der Waals surface area contributed by atoms with E-state index in [0.29, 0.717) is 17.2 Å². The Morgan fingerprint density at radius 2 is 1.90 bits per heavy atom. The van der Waals surface area contributed by atoms with Crippen molar-refractivity contribution in [2.24, 2.45) is 0 Å². The van der Waals surface area contributed by atoms with E-state index in [1.165, 1.54) is 0 Å². The number of nitrogens with zero attached hydrogens (tertiary/aromatic N) is 5. The van der Waals surface area contributed by atoms with Crippen molar-refractivity contribution in [2.45, 2.75) is 26.8 Å². The average Bonchev–Trinajstić information content (AvgIpc) is 3.30. The van der Waals surface area contributed by atoms with Gasteiger partial charge in [-0.25, -0.2) is 14.5 Å². The van der Waals surface area contributed by atoms with Gasteiger partial charge in [0.25, 0.3) is 5.56 Å². The standard InChI is InChI=1S/C22H19BrN6OS/c1-12-9-10-28-18(12)22(30)29(15-7-5-4-6-8-15)20(27-28)13(2)24-19-16-11-17(23)31-21(16)26-14(3)25-19/h4-11,13H,1-3H3,(H,24,25,26). The van der Waals surface area contributed by atoms with E-state index in [1.807, 2.05) is 69.4 Å². The Balaban J connectivity index is 1.69. The van der Waals surface area contributed by atoms with E-state index in [0.717, 1.165) is 31.1 Å². The topological polar surface area (TPSA) is 77.1 Å². The summed E-state index contributed by atoms with van der Waals surface area (Å²) in [6, 6.07) is 13.2. The van der Waals surface area contributed by atoms with Crippen LogP contribution >= 0.6 is 27.3 Å². The molecule has 0 saturated heterocycles. The average molecular weight is 495 g/mol. The van der Waals surface area contributed by atoms with Gasteiger partial charge in [0.1, 0.15) is 22.0 Å². The van der Waals surface area contributed by atoms with E-state index >= 15 is 0 Å². The smallest absolute Gasteiger partial charge is 0.282 e. The molecule has 5 aromatic rings. The molecule has 156 valence electrons. The van der Waals surface area contributed by atoms with E-state index < -0.39 is 0 Å². The fourth-order valence-electron chi connectivity index (χ4n) is 3.72.